The van der Waals surface area contributed by atoms with Gasteiger partial charge in [0.15, 0.2) is 0 Å². The van der Waals surface area contributed by atoms with E-state index in [1.165, 1.54) is 6.26 Å². The molecule has 0 amide bonds. The molecule has 0 aliphatic rings. The van der Waals surface area contributed by atoms with Crippen molar-refractivity contribution in [3.8, 4) is 6.26 Å². The maximum absolute atomic E-state index is 12.1. The normalized spacial score (nSPS) is 9.52. The molecule has 0 saturated heterocycles. The minimum Gasteiger partial charge on any atom is -0.347 e. The maximum atomic E-state index is 12.1. The van der Waals surface area contributed by atoms with Crippen molar-refractivity contribution in [3.63, 3.8) is 0 Å². The highest BCUT2D eigenvalue weighted by atomic mass is 16.5. The molecular weight excluding hydrogens is 262 g/mol. The lowest BCUT2D eigenvalue weighted by Crippen LogP contribution is -2.07. The predicted octanol–water partition coefficient (Wildman–Crippen LogP) is 3.92. The second kappa shape index (κ2) is 7.06. The summed E-state index contributed by atoms with van der Waals surface area (Å²) in [6.07, 6.45) is 1.94. The lowest BCUT2D eigenvalue weighted by Gasteiger charge is -2.13. The number of benzene rings is 2. The maximum Gasteiger partial charge on any atom is 0.350 e. The topological polar surface area (TPSA) is 50.1 Å². The first-order valence-corrected chi connectivity index (χ1v) is 6.72. The van der Waals surface area contributed by atoms with Crippen molar-refractivity contribution in [3.05, 3.63) is 77.4 Å². The van der Waals surface area contributed by atoms with Crippen LogP contribution in [-0.2, 0) is 9.53 Å². The van der Waals surface area contributed by atoms with Crippen LogP contribution in [0.4, 0.5) is 0 Å². The van der Waals surface area contributed by atoms with E-state index >= 15 is 0 Å². The van der Waals surface area contributed by atoms with Crippen molar-refractivity contribution in [2.24, 2.45) is 0 Å². The van der Waals surface area contributed by atoms with Crippen molar-refractivity contribution in [1.29, 1.82) is 5.26 Å². The zero-order valence-electron chi connectivity index (χ0n) is 11.7. The van der Waals surface area contributed by atoms with Gasteiger partial charge in [0.2, 0.25) is 0 Å². The van der Waals surface area contributed by atoms with Gasteiger partial charge in [-0.15, -0.1) is 5.26 Å². The SMILES string of the molecule is CCC(C(=O)OC#N)=C(c1ccccc1)c1ccccc1. The van der Waals surface area contributed by atoms with Crippen molar-refractivity contribution >= 4 is 11.5 Å². The molecule has 3 heteroatoms. The van der Waals surface area contributed by atoms with Crippen LogP contribution in [0.3, 0.4) is 0 Å². The van der Waals surface area contributed by atoms with Crippen LogP contribution in [0.5, 0.6) is 0 Å². The van der Waals surface area contributed by atoms with E-state index in [1.54, 1.807) is 0 Å². The van der Waals surface area contributed by atoms with Gasteiger partial charge in [-0.2, -0.15) is 0 Å². The van der Waals surface area contributed by atoms with E-state index in [0.717, 1.165) is 16.7 Å². The van der Waals surface area contributed by atoms with E-state index in [9.17, 15) is 4.79 Å². The molecule has 2 aromatic carbocycles. The highest BCUT2D eigenvalue weighted by Gasteiger charge is 2.18. The summed E-state index contributed by atoms with van der Waals surface area (Å²) in [7, 11) is 0. The molecular formula is C18H15NO2. The van der Waals surface area contributed by atoms with E-state index in [2.05, 4.69) is 4.74 Å². The summed E-state index contributed by atoms with van der Waals surface area (Å²) in [4.78, 5) is 12.1. The number of hydrogen-bond donors (Lipinski definition) is 0. The Hall–Kier alpha value is -2.86. The zero-order chi connectivity index (χ0) is 15.1. The van der Waals surface area contributed by atoms with Gasteiger partial charge in [0.05, 0.1) is 0 Å². The summed E-state index contributed by atoms with van der Waals surface area (Å²) in [5.74, 6) is -0.595. The largest absolute Gasteiger partial charge is 0.350 e. The van der Waals surface area contributed by atoms with Crippen LogP contribution in [-0.4, -0.2) is 5.97 Å². The Morgan fingerprint density at radius 1 is 1.00 bits per heavy atom. The highest BCUT2D eigenvalue weighted by molar-refractivity contribution is 6.02. The Kier molecular flexibility index (Phi) is 4.89. The number of rotatable bonds is 4. The van der Waals surface area contributed by atoms with Gasteiger partial charge in [0, 0.05) is 5.57 Å². The van der Waals surface area contributed by atoms with E-state index in [0.29, 0.717) is 12.0 Å². The third-order valence-corrected chi connectivity index (χ3v) is 3.16. The Morgan fingerprint density at radius 2 is 1.48 bits per heavy atom. The molecule has 104 valence electrons. The number of nitriles is 1. The lowest BCUT2D eigenvalue weighted by atomic mass is 9.92. The molecule has 0 saturated carbocycles. The lowest BCUT2D eigenvalue weighted by molar-refractivity contribution is -0.132. The third-order valence-electron chi connectivity index (χ3n) is 3.16. The van der Waals surface area contributed by atoms with Gasteiger partial charge in [0.1, 0.15) is 0 Å². The van der Waals surface area contributed by atoms with Gasteiger partial charge in [-0.3, -0.25) is 0 Å². The smallest absolute Gasteiger partial charge is 0.347 e. The second-order valence-corrected chi connectivity index (χ2v) is 4.42. The molecule has 0 N–H and O–H groups in total. The van der Waals surface area contributed by atoms with Crippen LogP contribution in [0.15, 0.2) is 66.2 Å². The first kappa shape index (κ1) is 14.5. The molecule has 0 aliphatic carbocycles. The quantitative estimate of drug-likeness (QED) is 0.483. The first-order valence-electron chi connectivity index (χ1n) is 6.72. The van der Waals surface area contributed by atoms with Crippen LogP contribution in [0.1, 0.15) is 24.5 Å². The highest BCUT2D eigenvalue weighted by Crippen LogP contribution is 2.29. The van der Waals surface area contributed by atoms with Gasteiger partial charge in [-0.1, -0.05) is 67.6 Å². The fourth-order valence-corrected chi connectivity index (χ4v) is 2.25. The minimum atomic E-state index is -0.595. The molecule has 2 rings (SSSR count). The summed E-state index contributed by atoms with van der Waals surface area (Å²) >= 11 is 0. The molecule has 0 bridgehead atoms. The summed E-state index contributed by atoms with van der Waals surface area (Å²) in [6.45, 7) is 1.87. The molecule has 0 atom stereocenters. The minimum absolute atomic E-state index is 0.486. The Labute approximate surface area is 124 Å². The van der Waals surface area contributed by atoms with Crippen LogP contribution in [0.2, 0.25) is 0 Å². The van der Waals surface area contributed by atoms with Crippen LogP contribution >= 0.6 is 0 Å². The summed E-state index contributed by atoms with van der Waals surface area (Å²) in [5.41, 5.74) is 3.15. The number of nitrogens with zero attached hydrogens (tertiary/aromatic N) is 1. The fraction of sp³-hybridized carbons (Fsp3) is 0.111. The Morgan fingerprint density at radius 3 is 1.86 bits per heavy atom. The molecule has 0 heterocycles. The number of hydrogen-bond acceptors (Lipinski definition) is 3. The zero-order valence-corrected chi connectivity index (χ0v) is 11.7. The van der Waals surface area contributed by atoms with Gasteiger partial charge < -0.3 is 4.74 Å². The second-order valence-electron chi connectivity index (χ2n) is 4.42. The van der Waals surface area contributed by atoms with Crippen LogP contribution in [0.25, 0.3) is 5.57 Å². The molecule has 21 heavy (non-hydrogen) atoms. The van der Waals surface area contributed by atoms with Crippen LogP contribution in [0, 0.1) is 11.5 Å². The van der Waals surface area contributed by atoms with Gasteiger partial charge in [-0.25, -0.2) is 4.79 Å². The number of carbonyl (C=O) groups excluding carboxylic acids is 1. The molecule has 0 unspecified atom stereocenters. The Bertz CT molecular complexity index is 641. The molecule has 3 nitrogen and oxygen atoms in total. The van der Waals surface area contributed by atoms with E-state index in [-0.39, 0.29) is 0 Å². The van der Waals surface area contributed by atoms with Crippen molar-refractivity contribution in [1.82, 2.24) is 0 Å². The third kappa shape index (κ3) is 3.37. The monoisotopic (exact) mass is 277 g/mol. The molecule has 0 spiro atoms. The van der Waals surface area contributed by atoms with E-state index in [1.807, 2.05) is 67.6 Å². The van der Waals surface area contributed by atoms with Crippen molar-refractivity contribution < 1.29 is 9.53 Å². The molecule has 0 radical (unpaired) electrons. The average molecular weight is 277 g/mol. The predicted molar refractivity (Wildman–Crippen MR) is 80.9 cm³/mol. The Balaban J connectivity index is 2.66. The van der Waals surface area contributed by atoms with Gasteiger partial charge in [-0.05, 0) is 23.1 Å². The average Bonchev–Trinajstić information content (AvgIpc) is 2.54. The number of esters is 1. The van der Waals surface area contributed by atoms with Crippen LogP contribution < -0.4 is 0 Å². The summed E-state index contributed by atoms with van der Waals surface area (Å²) in [6, 6.07) is 19.3. The van der Waals surface area contributed by atoms with E-state index < -0.39 is 5.97 Å². The fourth-order valence-electron chi connectivity index (χ4n) is 2.25. The van der Waals surface area contributed by atoms with Crippen molar-refractivity contribution in [2.45, 2.75) is 13.3 Å². The molecule has 0 aromatic heterocycles. The molecule has 0 aliphatic heterocycles. The number of carbonyl (C=O) groups is 1. The van der Waals surface area contributed by atoms with Gasteiger partial charge in [0.25, 0.3) is 6.26 Å². The van der Waals surface area contributed by atoms with Crippen molar-refractivity contribution in [2.75, 3.05) is 0 Å². The van der Waals surface area contributed by atoms with Gasteiger partial charge >= 0.3 is 5.97 Å². The molecule has 2 aromatic rings. The standard InChI is InChI=1S/C18H15NO2/c1-2-16(18(20)21-13-19)17(14-9-5-3-6-10-14)15-11-7-4-8-12-15/h3-12H,2H2,1H3. The van der Waals surface area contributed by atoms with E-state index in [4.69, 9.17) is 5.26 Å². The first-order chi connectivity index (χ1) is 10.3. The number of ether oxygens (including phenoxy) is 1. The summed E-state index contributed by atoms with van der Waals surface area (Å²) < 4.78 is 4.53. The molecule has 0 fully saturated rings. The summed E-state index contributed by atoms with van der Waals surface area (Å²) in [5, 5.41) is 8.59.